The van der Waals surface area contributed by atoms with Crippen LogP contribution in [0.5, 0.6) is 6.01 Å². The summed E-state index contributed by atoms with van der Waals surface area (Å²) in [5.74, 6) is -0.944. The lowest BCUT2D eigenvalue weighted by Gasteiger charge is -1.98. The maximum absolute atomic E-state index is 10.3. The molecule has 1 heterocycles. The predicted octanol–water partition coefficient (Wildman–Crippen LogP) is 0.954. The van der Waals surface area contributed by atoms with Crippen LogP contribution in [0.3, 0.4) is 0 Å². The first-order valence-corrected chi connectivity index (χ1v) is 5.14. The van der Waals surface area contributed by atoms with Crippen LogP contribution in [-0.2, 0) is 4.79 Å². The number of rotatable bonds is 4. The minimum absolute atomic E-state index is 0.184. The van der Waals surface area contributed by atoms with E-state index in [0.29, 0.717) is 10.4 Å². The van der Waals surface area contributed by atoms with Crippen LogP contribution in [0.15, 0.2) is 24.3 Å². The highest BCUT2D eigenvalue weighted by molar-refractivity contribution is 5.68. The highest BCUT2D eigenvalue weighted by atomic mass is 16.5. The first kappa shape index (κ1) is 11.9. The molecule has 0 unspecified atom stereocenters. The molecule has 2 N–H and O–H groups in total. The summed E-state index contributed by atoms with van der Waals surface area (Å²) in [4.78, 5) is 14.8. The molecule has 0 bridgehead atoms. The van der Waals surface area contributed by atoms with Gasteiger partial charge in [-0.3, -0.25) is 0 Å². The highest BCUT2D eigenvalue weighted by Gasteiger charge is 2.13. The summed E-state index contributed by atoms with van der Waals surface area (Å²) in [6.07, 6.45) is 0. The van der Waals surface area contributed by atoms with Gasteiger partial charge in [0.2, 0.25) is 5.82 Å². The Morgan fingerprint density at radius 1 is 1.50 bits per heavy atom. The number of hydrogen-bond donors (Lipinski definition) is 2. The van der Waals surface area contributed by atoms with Crippen molar-refractivity contribution < 1.29 is 19.8 Å². The van der Waals surface area contributed by atoms with Crippen molar-refractivity contribution in [2.24, 2.45) is 0 Å². The molecular weight excluding hydrogens is 238 g/mol. The summed E-state index contributed by atoms with van der Waals surface area (Å²) in [5, 5.41) is 21.6. The summed E-state index contributed by atoms with van der Waals surface area (Å²) in [6.45, 7) is 1.35. The molecule has 0 radical (unpaired) electrons. The van der Waals surface area contributed by atoms with Gasteiger partial charge >= 0.3 is 12.0 Å². The quantitative estimate of drug-likeness (QED) is 0.783. The van der Waals surface area contributed by atoms with E-state index >= 15 is 0 Å². The summed E-state index contributed by atoms with van der Waals surface area (Å²) in [5.41, 5.74) is 1.67. The minimum atomic E-state index is -1.14. The van der Waals surface area contributed by atoms with Crippen LogP contribution in [0.4, 0.5) is 0 Å². The lowest BCUT2D eigenvalue weighted by molar-refractivity contribution is -0.139. The second-order valence-electron chi connectivity index (χ2n) is 3.66. The fourth-order valence-corrected chi connectivity index (χ4v) is 1.44. The average Bonchev–Trinajstić information content (AvgIpc) is 2.68. The van der Waals surface area contributed by atoms with E-state index in [2.05, 4.69) is 10.1 Å². The molecule has 0 aliphatic heterocycles. The second-order valence-corrected chi connectivity index (χ2v) is 3.66. The van der Waals surface area contributed by atoms with Gasteiger partial charge in [-0.25, -0.2) is 4.79 Å². The molecule has 94 valence electrons. The molecule has 1 aromatic heterocycles. The number of aliphatic carboxylic acids is 1. The highest BCUT2D eigenvalue weighted by Crippen LogP contribution is 2.19. The van der Waals surface area contributed by atoms with Crippen LogP contribution in [0.2, 0.25) is 0 Å². The fraction of sp³-hybridized carbons (Fsp3) is 0.182. The van der Waals surface area contributed by atoms with Crippen LogP contribution in [0.25, 0.3) is 11.4 Å². The van der Waals surface area contributed by atoms with Crippen molar-refractivity contribution in [3.8, 4) is 17.4 Å². The molecule has 0 saturated carbocycles. The van der Waals surface area contributed by atoms with Crippen molar-refractivity contribution in [3.63, 3.8) is 0 Å². The maximum Gasteiger partial charge on any atom is 0.341 e. The monoisotopic (exact) mass is 249 g/mol. The van der Waals surface area contributed by atoms with Crippen LogP contribution in [0.1, 0.15) is 5.56 Å². The SMILES string of the molecule is Cc1cccc(-c2nc(OCC(=O)O)nn2O)c1. The molecule has 7 nitrogen and oxygen atoms in total. The smallest absolute Gasteiger partial charge is 0.341 e. The third-order valence-corrected chi connectivity index (χ3v) is 2.17. The predicted molar refractivity (Wildman–Crippen MR) is 60.5 cm³/mol. The zero-order chi connectivity index (χ0) is 13.1. The molecular formula is C11H11N3O4. The van der Waals surface area contributed by atoms with Crippen LogP contribution in [-0.4, -0.2) is 37.8 Å². The van der Waals surface area contributed by atoms with E-state index in [1.807, 2.05) is 25.1 Å². The van der Waals surface area contributed by atoms with E-state index in [0.717, 1.165) is 5.56 Å². The molecule has 0 amide bonds. The van der Waals surface area contributed by atoms with Gasteiger partial charge in [0.15, 0.2) is 6.61 Å². The first-order valence-electron chi connectivity index (χ1n) is 5.14. The zero-order valence-electron chi connectivity index (χ0n) is 9.57. The van der Waals surface area contributed by atoms with Gasteiger partial charge in [-0.2, -0.15) is 4.98 Å². The van der Waals surface area contributed by atoms with E-state index < -0.39 is 12.6 Å². The van der Waals surface area contributed by atoms with Gasteiger partial charge in [-0.05, 0) is 13.0 Å². The molecule has 2 aromatic rings. The van der Waals surface area contributed by atoms with Gasteiger partial charge in [-0.1, -0.05) is 33.7 Å². The summed E-state index contributed by atoms with van der Waals surface area (Å²) in [7, 11) is 0. The number of ether oxygens (including phenoxy) is 1. The van der Waals surface area contributed by atoms with E-state index in [-0.39, 0.29) is 11.8 Å². The molecule has 7 heteroatoms. The summed E-state index contributed by atoms with van der Waals surface area (Å²) in [6, 6.07) is 7.11. The largest absolute Gasteiger partial charge is 0.479 e. The Morgan fingerprint density at radius 2 is 2.28 bits per heavy atom. The first-order chi connectivity index (χ1) is 8.56. The Balaban J connectivity index is 2.26. The van der Waals surface area contributed by atoms with Crippen molar-refractivity contribution in [2.75, 3.05) is 6.61 Å². The third kappa shape index (κ3) is 2.57. The van der Waals surface area contributed by atoms with Crippen LogP contribution < -0.4 is 4.74 Å². The Bertz CT molecular complexity index is 579. The molecule has 18 heavy (non-hydrogen) atoms. The van der Waals surface area contributed by atoms with E-state index in [9.17, 15) is 10.0 Å². The van der Waals surface area contributed by atoms with E-state index in [4.69, 9.17) is 9.84 Å². The topological polar surface area (TPSA) is 97.5 Å². The van der Waals surface area contributed by atoms with E-state index in [1.54, 1.807) is 6.07 Å². The number of nitrogens with zero attached hydrogens (tertiary/aromatic N) is 3. The third-order valence-electron chi connectivity index (χ3n) is 2.17. The van der Waals surface area contributed by atoms with Gasteiger partial charge in [0.1, 0.15) is 0 Å². The molecule has 0 aliphatic carbocycles. The normalized spacial score (nSPS) is 10.3. The summed E-state index contributed by atoms with van der Waals surface area (Å²) < 4.78 is 4.78. The summed E-state index contributed by atoms with van der Waals surface area (Å²) >= 11 is 0. The molecule has 2 rings (SSSR count). The Kier molecular flexibility index (Phi) is 3.13. The number of aryl methyl sites for hydroxylation is 1. The van der Waals surface area contributed by atoms with Crippen molar-refractivity contribution >= 4 is 5.97 Å². The number of carboxylic acids is 1. The number of carbonyl (C=O) groups is 1. The van der Waals surface area contributed by atoms with Gasteiger partial charge in [-0.15, -0.1) is 0 Å². The molecule has 0 atom stereocenters. The van der Waals surface area contributed by atoms with Crippen LogP contribution in [0, 0.1) is 6.92 Å². The standard InChI is InChI=1S/C11H11N3O4/c1-7-3-2-4-8(5-7)10-12-11(13-14(10)17)18-6-9(15)16/h2-5,17H,6H2,1H3,(H,15,16). The average molecular weight is 249 g/mol. The molecule has 0 saturated heterocycles. The van der Waals surface area contributed by atoms with E-state index in [1.165, 1.54) is 0 Å². The van der Waals surface area contributed by atoms with Gasteiger partial charge in [0.05, 0.1) is 0 Å². The minimum Gasteiger partial charge on any atom is -0.479 e. The van der Waals surface area contributed by atoms with Gasteiger partial charge in [0.25, 0.3) is 0 Å². The van der Waals surface area contributed by atoms with Gasteiger partial charge < -0.3 is 15.1 Å². The fourth-order valence-electron chi connectivity index (χ4n) is 1.44. The van der Waals surface area contributed by atoms with Crippen molar-refractivity contribution in [3.05, 3.63) is 29.8 Å². The number of hydrogen-bond acceptors (Lipinski definition) is 5. The number of aromatic nitrogens is 3. The van der Waals surface area contributed by atoms with Crippen molar-refractivity contribution in [1.82, 2.24) is 14.9 Å². The van der Waals surface area contributed by atoms with Crippen LogP contribution >= 0.6 is 0 Å². The molecule has 0 aliphatic rings. The Morgan fingerprint density at radius 3 is 2.94 bits per heavy atom. The molecule has 0 spiro atoms. The maximum atomic E-state index is 10.3. The Labute approximate surface area is 102 Å². The van der Waals surface area contributed by atoms with Gasteiger partial charge in [0, 0.05) is 5.56 Å². The molecule has 1 aromatic carbocycles. The lowest BCUT2D eigenvalue weighted by Crippen LogP contribution is -2.10. The zero-order valence-corrected chi connectivity index (χ0v) is 9.57. The van der Waals surface area contributed by atoms with Crippen molar-refractivity contribution in [2.45, 2.75) is 6.92 Å². The second kappa shape index (κ2) is 4.74. The lowest BCUT2D eigenvalue weighted by atomic mass is 10.1. The Hall–Kier alpha value is -2.57. The number of benzene rings is 1. The molecule has 0 fully saturated rings. The number of carboxylic acid groups (broad SMARTS) is 1. The van der Waals surface area contributed by atoms with Crippen molar-refractivity contribution in [1.29, 1.82) is 0 Å².